The van der Waals surface area contributed by atoms with Crippen LogP contribution in [0.2, 0.25) is 0 Å². The fraction of sp³-hybridized carbons (Fsp3) is 0. The van der Waals surface area contributed by atoms with Crippen LogP contribution in [0.5, 0.6) is 0 Å². The number of hydrogen-bond donors (Lipinski definition) is 0. The van der Waals surface area contributed by atoms with Crippen molar-refractivity contribution in [2.45, 2.75) is 0 Å². The van der Waals surface area contributed by atoms with Crippen molar-refractivity contribution in [3.63, 3.8) is 0 Å². The minimum absolute atomic E-state index is 0.0970. The van der Waals surface area contributed by atoms with Gasteiger partial charge in [-0.2, -0.15) is 0 Å². The fourth-order valence-corrected chi connectivity index (χ4v) is 7.94. The average molecular weight is 745 g/mol. The number of nitrogens with zero attached hydrogens (tertiary/aromatic N) is 3. The predicted octanol–water partition coefficient (Wildman–Crippen LogP) is 14.3. The van der Waals surface area contributed by atoms with Crippen molar-refractivity contribution >= 4 is 65.4 Å². The van der Waals surface area contributed by atoms with Gasteiger partial charge >= 0.3 is 0 Å². The van der Waals surface area contributed by atoms with E-state index in [9.17, 15) is 13.7 Å². The summed E-state index contributed by atoms with van der Waals surface area (Å²) in [5.74, 6) is 0. The van der Waals surface area contributed by atoms with Crippen molar-refractivity contribution in [1.29, 1.82) is 0 Å². The molecule has 12 aromatic rings. The molecule has 0 amide bonds. The van der Waals surface area contributed by atoms with Crippen LogP contribution in [0.1, 0.15) is 26.0 Å². The van der Waals surface area contributed by atoms with E-state index < -0.39 is 126 Å². The Hall–Kier alpha value is -7.62. The smallest absolute Gasteiger partial charge is 0.0645 e. The zero-order valence-corrected chi connectivity index (χ0v) is 29.6. The Morgan fingerprint density at radius 2 is 0.825 bits per heavy atom. The third-order valence-corrected chi connectivity index (χ3v) is 10.4. The maximum atomic E-state index is 10.0. The predicted molar refractivity (Wildman–Crippen MR) is 240 cm³/mol. The standard InChI is InChI=1S/C54H35N3/c1-3-14-36(15-4-1)37-16-13-19-41(32-37)56-50-24-11-8-21-44(50)47-33-38(26-30-52(47)56)39-27-31-53-48(34-39)45-22-9-12-25-51(45)57(53)42-28-29-46-43-20-7-10-23-49(43)55(54(46)35-42)40-17-5-2-6-18-40/h1-35H/i2D,5D,6D,8D,9D,11D,12D,17D,18D,21D,22D,24D,25D,26D,27D,30D,31D,33D,34D. The van der Waals surface area contributed by atoms with Crippen LogP contribution in [0.3, 0.4) is 0 Å². The second-order valence-electron chi connectivity index (χ2n) is 13.5. The molecule has 0 fully saturated rings. The minimum Gasteiger partial charge on any atom is -0.309 e. The number of hydrogen-bond acceptors (Lipinski definition) is 0. The second-order valence-corrected chi connectivity index (χ2v) is 13.5. The van der Waals surface area contributed by atoms with Crippen molar-refractivity contribution in [2.24, 2.45) is 0 Å². The lowest BCUT2D eigenvalue weighted by molar-refractivity contribution is 1.15. The van der Waals surface area contributed by atoms with Crippen molar-refractivity contribution in [3.8, 4) is 39.3 Å². The molecule has 0 aliphatic rings. The molecule has 3 heteroatoms. The summed E-state index contributed by atoms with van der Waals surface area (Å²) in [6.07, 6.45) is 0. The first kappa shape index (κ1) is 18.3. The van der Waals surface area contributed by atoms with Crippen LogP contribution in [-0.4, -0.2) is 13.7 Å². The van der Waals surface area contributed by atoms with Gasteiger partial charge in [0.05, 0.1) is 59.1 Å². The van der Waals surface area contributed by atoms with Gasteiger partial charge in [-0.15, -0.1) is 0 Å². The number of fused-ring (bicyclic) bond motifs is 9. The van der Waals surface area contributed by atoms with E-state index in [2.05, 4.69) is 0 Å². The van der Waals surface area contributed by atoms with E-state index in [-0.39, 0.29) is 55.0 Å². The summed E-state index contributed by atoms with van der Waals surface area (Å²) >= 11 is 0. The summed E-state index contributed by atoms with van der Waals surface area (Å²) in [4.78, 5) is 0. The first-order chi connectivity index (χ1) is 36.2. The molecule has 0 aliphatic heterocycles. The van der Waals surface area contributed by atoms with Gasteiger partial charge in [0.25, 0.3) is 0 Å². The summed E-state index contributed by atoms with van der Waals surface area (Å²) in [7, 11) is 0. The maximum absolute atomic E-state index is 10.0. The van der Waals surface area contributed by atoms with Gasteiger partial charge < -0.3 is 13.7 Å². The molecule has 0 saturated carbocycles. The Labute approximate surface area is 356 Å². The second kappa shape index (κ2) is 12.5. The highest BCUT2D eigenvalue weighted by molar-refractivity contribution is 6.14. The molecular formula is C54H35N3. The topological polar surface area (TPSA) is 14.8 Å². The van der Waals surface area contributed by atoms with Crippen LogP contribution in [0.25, 0.3) is 105 Å². The molecule has 0 atom stereocenters. The van der Waals surface area contributed by atoms with Crippen LogP contribution >= 0.6 is 0 Å². The summed E-state index contributed by atoms with van der Waals surface area (Å²) in [6, 6.07) is 16.7. The first-order valence-electron chi connectivity index (χ1n) is 27.6. The Morgan fingerprint density at radius 1 is 0.281 bits per heavy atom. The van der Waals surface area contributed by atoms with E-state index in [1.54, 1.807) is 60.7 Å². The molecule has 12 rings (SSSR count). The number of benzene rings is 9. The number of aromatic nitrogens is 3. The highest BCUT2D eigenvalue weighted by atomic mass is 15.0. The van der Waals surface area contributed by atoms with Gasteiger partial charge in [-0.1, -0.05) is 133 Å². The van der Waals surface area contributed by atoms with E-state index in [1.807, 2.05) is 36.4 Å². The number of rotatable bonds is 5. The van der Waals surface area contributed by atoms with Crippen molar-refractivity contribution < 1.29 is 26.0 Å². The molecule has 266 valence electrons. The third-order valence-electron chi connectivity index (χ3n) is 10.4. The molecule has 3 heterocycles. The molecule has 57 heavy (non-hydrogen) atoms. The fourth-order valence-electron chi connectivity index (χ4n) is 7.94. The lowest BCUT2D eigenvalue weighted by Crippen LogP contribution is -1.96. The first-order valence-corrected chi connectivity index (χ1v) is 18.1. The molecule has 0 bridgehead atoms. The Morgan fingerprint density at radius 3 is 1.53 bits per heavy atom. The number of para-hydroxylation sites is 4. The van der Waals surface area contributed by atoms with E-state index in [0.29, 0.717) is 27.5 Å². The molecular weight excluding hydrogens is 691 g/mol. The van der Waals surface area contributed by atoms with Gasteiger partial charge in [-0.3, -0.25) is 0 Å². The largest absolute Gasteiger partial charge is 0.309 e. The van der Waals surface area contributed by atoms with E-state index >= 15 is 0 Å². The van der Waals surface area contributed by atoms with E-state index in [4.69, 9.17) is 12.3 Å². The van der Waals surface area contributed by atoms with Crippen LogP contribution < -0.4 is 0 Å². The van der Waals surface area contributed by atoms with Crippen molar-refractivity contribution in [1.82, 2.24) is 13.7 Å². The zero-order chi connectivity index (χ0) is 54.0. The van der Waals surface area contributed by atoms with Gasteiger partial charge in [-0.05, 0) is 101 Å². The van der Waals surface area contributed by atoms with Gasteiger partial charge in [0.15, 0.2) is 0 Å². The van der Waals surface area contributed by atoms with E-state index in [0.717, 1.165) is 11.1 Å². The van der Waals surface area contributed by atoms with Crippen LogP contribution in [0.15, 0.2) is 212 Å². The molecule has 0 saturated heterocycles. The lowest BCUT2D eigenvalue weighted by Gasteiger charge is -2.12. The molecule has 3 nitrogen and oxygen atoms in total. The van der Waals surface area contributed by atoms with E-state index in [1.165, 1.54) is 13.7 Å². The maximum Gasteiger partial charge on any atom is 0.0645 e. The molecule has 0 N–H and O–H groups in total. The van der Waals surface area contributed by atoms with Gasteiger partial charge in [-0.25, -0.2) is 0 Å². The van der Waals surface area contributed by atoms with Crippen LogP contribution in [-0.2, 0) is 0 Å². The van der Waals surface area contributed by atoms with Gasteiger partial charge in [0.1, 0.15) is 0 Å². The Balaban J connectivity index is 1.20. The molecule has 3 aromatic heterocycles. The minimum atomic E-state index is -0.729. The Kier molecular flexibility index (Phi) is 4.01. The molecule has 0 unspecified atom stereocenters. The van der Waals surface area contributed by atoms with Crippen LogP contribution in [0.4, 0.5) is 0 Å². The summed E-state index contributed by atoms with van der Waals surface area (Å²) < 4.78 is 178. The summed E-state index contributed by atoms with van der Waals surface area (Å²) in [6.45, 7) is 0. The molecule has 0 aliphatic carbocycles. The summed E-state index contributed by atoms with van der Waals surface area (Å²) in [5, 5.41) is 0.319. The normalized spacial score (nSPS) is 16.5. The average Bonchev–Trinajstić information content (AvgIpc) is 4.09. The van der Waals surface area contributed by atoms with Gasteiger partial charge in [0.2, 0.25) is 0 Å². The lowest BCUT2D eigenvalue weighted by atomic mass is 10.0. The van der Waals surface area contributed by atoms with Crippen molar-refractivity contribution in [2.75, 3.05) is 0 Å². The highest BCUT2D eigenvalue weighted by Crippen LogP contribution is 2.40. The third kappa shape index (κ3) is 4.86. The SMILES string of the molecule is [2H]c1c([2H])c([2H])c(-n2c3ccccc3c3ccc(-n4c5c([2H])c([2H])c([2H])c([2H])c5c5c([2H])c(-c6c([2H])c([2H])c7c(c6[2H])c6c([2H])c([2H])c([2H])c([2H])c6n7-c6cccc(-c7ccccc7)c6)c([2H])c([2H])c54)cc32)c([2H])c1[2H]. The monoisotopic (exact) mass is 744 g/mol. The zero-order valence-electron chi connectivity index (χ0n) is 48.6. The molecule has 0 radical (unpaired) electrons. The van der Waals surface area contributed by atoms with Crippen LogP contribution in [0, 0.1) is 0 Å². The highest BCUT2D eigenvalue weighted by Gasteiger charge is 2.18. The molecule has 9 aromatic carbocycles. The quantitative estimate of drug-likeness (QED) is 0.167. The summed E-state index contributed by atoms with van der Waals surface area (Å²) in [5.41, 5.74) is 0.913. The Bertz CT molecular complexity index is 4600. The van der Waals surface area contributed by atoms with Gasteiger partial charge in [0, 0.05) is 49.4 Å². The molecule has 0 spiro atoms. The van der Waals surface area contributed by atoms with Crippen molar-refractivity contribution in [3.05, 3.63) is 212 Å².